The van der Waals surface area contributed by atoms with Crippen LogP contribution in [0.4, 0.5) is 0 Å². The highest BCUT2D eigenvalue weighted by Crippen LogP contribution is 2.22. The number of carbonyl (C=O) groups excluding carboxylic acids is 1. The molecule has 2 rings (SSSR count). The molecule has 0 aliphatic heterocycles. The number of aromatic hydroxyl groups is 1. The van der Waals surface area contributed by atoms with E-state index in [1.54, 1.807) is 6.92 Å². The number of hydrogen-bond donors (Lipinski definition) is 2. The molecular formula is C15H16ClN5O4S. The zero-order valence-electron chi connectivity index (χ0n) is 14.2. The van der Waals surface area contributed by atoms with E-state index in [1.807, 2.05) is 0 Å². The molecule has 0 spiro atoms. The van der Waals surface area contributed by atoms with Crippen LogP contribution in [0.3, 0.4) is 0 Å². The Morgan fingerprint density at radius 2 is 2.08 bits per heavy atom. The van der Waals surface area contributed by atoms with Crippen molar-refractivity contribution in [3.05, 3.63) is 49.6 Å². The monoisotopic (exact) mass is 397 g/mol. The summed E-state index contributed by atoms with van der Waals surface area (Å²) in [5.41, 5.74) is 1.95. The minimum absolute atomic E-state index is 0.0165. The van der Waals surface area contributed by atoms with Crippen molar-refractivity contribution in [1.29, 1.82) is 0 Å². The van der Waals surface area contributed by atoms with Gasteiger partial charge < -0.3 is 5.11 Å². The van der Waals surface area contributed by atoms with E-state index in [0.29, 0.717) is 16.3 Å². The summed E-state index contributed by atoms with van der Waals surface area (Å²) < 4.78 is 1.93. The minimum atomic E-state index is -0.575. The molecular weight excluding hydrogens is 382 g/mol. The Hall–Kier alpha value is -2.59. The molecule has 0 aliphatic carbocycles. The predicted molar refractivity (Wildman–Crippen MR) is 98.9 cm³/mol. The van der Waals surface area contributed by atoms with E-state index in [-0.39, 0.29) is 16.5 Å². The molecule has 1 heterocycles. The smallest absolute Gasteiger partial charge is 0.346 e. The molecule has 11 heteroatoms. The summed E-state index contributed by atoms with van der Waals surface area (Å²) in [6.45, 7) is 1.60. The Morgan fingerprint density at radius 1 is 1.38 bits per heavy atom. The Labute approximate surface area is 157 Å². The van der Waals surface area contributed by atoms with Gasteiger partial charge in [0.05, 0.1) is 11.5 Å². The zero-order chi connectivity index (χ0) is 19.4. The Bertz CT molecular complexity index is 999. The zero-order valence-corrected chi connectivity index (χ0v) is 15.8. The third-order valence-corrected chi connectivity index (χ3v) is 4.50. The van der Waals surface area contributed by atoms with Crippen LogP contribution in [0.25, 0.3) is 0 Å². The van der Waals surface area contributed by atoms with Crippen molar-refractivity contribution in [3.8, 4) is 5.75 Å². The van der Waals surface area contributed by atoms with Crippen molar-refractivity contribution in [2.24, 2.45) is 19.2 Å². The number of amides is 1. The second-order valence-electron chi connectivity index (χ2n) is 5.26. The highest BCUT2D eigenvalue weighted by atomic mass is 35.5. The van der Waals surface area contributed by atoms with E-state index in [9.17, 15) is 19.5 Å². The van der Waals surface area contributed by atoms with Crippen LogP contribution in [-0.4, -0.2) is 36.8 Å². The summed E-state index contributed by atoms with van der Waals surface area (Å²) in [5, 5.41) is 18.0. The number of nitrogens with one attached hydrogen (secondary N) is 1. The fraction of sp³-hybridized carbons (Fsp3) is 0.267. The molecule has 0 radical (unpaired) electrons. The third-order valence-electron chi connectivity index (χ3n) is 3.33. The average molecular weight is 398 g/mol. The fourth-order valence-corrected chi connectivity index (χ4v) is 2.88. The molecule has 0 unspecified atom stereocenters. The molecule has 0 fully saturated rings. The fourth-order valence-electron chi connectivity index (χ4n) is 1.93. The van der Waals surface area contributed by atoms with Gasteiger partial charge >= 0.3 is 5.69 Å². The molecule has 0 atom stereocenters. The van der Waals surface area contributed by atoms with Crippen LogP contribution in [0.2, 0.25) is 5.02 Å². The van der Waals surface area contributed by atoms with Crippen molar-refractivity contribution in [1.82, 2.24) is 19.8 Å². The van der Waals surface area contributed by atoms with Gasteiger partial charge in [-0.15, -0.1) is 0 Å². The molecule has 0 aliphatic rings. The first kappa shape index (κ1) is 19.7. The van der Waals surface area contributed by atoms with Crippen LogP contribution in [0, 0.1) is 0 Å². The third kappa shape index (κ3) is 4.52. The molecule has 1 aromatic heterocycles. The van der Waals surface area contributed by atoms with Gasteiger partial charge in [-0.25, -0.2) is 14.9 Å². The second-order valence-corrected chi connectivity index (χ2v) is 6.66. The normalized spacial score (nSPS) is 11.5. The number of phenolic OH excluding ortho intramolecular Hbond substituents is 1. The Morgan fingerprint density at radius 3 is 2.77 bits per heavy atom. The maximum Gasteiger partial charge on any atom is 0.346 e. The van der Waals surface area contributed by atoms with Crippen molar-refractivity contribution in [3.63, 3.8) is 0 Å². The van der Waals surface area contributed by atoms with Crippen LogP contribution in [-0.2, 0) is 18.9 Å². The topological polar surface area (TPSA) is 119 Å². The molecule has 2 aromatic rings. The lowest BCUT2D eigenvalue weighted by atomic mass is 10.1. The van der Waals surface area contributed by atoms with Crippen LogP contribution in [0.15, 0.2) is 37.9 Å². The lowest BCUT2D eigenvalue weighted by molar-refractivity contribution is -0.118. The molecule has 2 N–H and O–H groups in total. The number of phenols is 1. The van der Waals surface area contributed by atoms with Gasteiger partial charge in [-0.2, -0.15) is 10.2 Å². The molecule has 0 bridgehead atoms. The van der Waals surface area contributed by atoms with Crippen molar-refractivity contribution < 1.29 is 9.90 Å². The summed E-state index contributed by atoms with van der Waals surface area (Å²) in [7, 11) is 2.75. The van der Waals surface area contributed by atoms with E-state index in [2.05, 4.69) is 15.6 Å². The maximum atomic E-state index is 11.9. The van der Waals surface area contributed by atoms with Crippen molar-refractivity contribution in [2.45, 2.75) is 11.9 Å². The number of hydrogen-bond acceptors (Lipinski definition) is 7. The molecule has 138 valence electrons. The summed E-state index contributed by atoms with van der Waals surface area (Å²) >= 11 is 6.76. The summed E-state index contributed by atoms with van der Waals surface area (Å²) in [5.74, 6) is -0.621. The van der Waals surface area contributed by atoms with E-state index in [4.69, 9.17) is 11.6 Å². The highest BCUT2D eigenvalue weighted by Gasteiger charge is 2.12. The van der Waals surface area contributed by atoms with Gasteiger partial charge in [0, 0.05) is 24.7 Å². The van der Waals surface area contributed by atoms with E-state index in [0.717, 1.165) is 21.0 Å². The standard InChI is InChI=1S/C15H16ClN5O4S/c1-8(10-6-9(16)4-5-11(10)22)17-18-12(23)7-26-13-14(24)20(2)15(25)21(3)19-13/h4-6,22H,7H2,1-3H3,(H,18,23)/b17-8+. The van der Waals surface area contributed by atoms with Gasteiger partial charge in [-0.3, -0.25) is 14.2 Å². The first-order chi connectivity index (χ1) is 12.2. The van der Waals surface area contributed by atoms with Crippen LogP contribution >= 0.6 is 23.4 Å². The summed E-state index contributed by atoms with van der Waals surface area (Å²) in [6, 6.07) is 4.48. The predicted octanol–water partition coefficient (Wildman–Crippen LogP) is 0.471. The van der Waals surface area contributed by atoms with Crippen molar-refractivity contribution in [2.75, 3.05) is 5.75 Å². The number of aromatic nitrogens is 3. The number of halogens is 1. The van der Waals surface area contributed by atoms with Gasteiger partial charge in [0.2, 0.25) is 5.91 Å². The molecule has 0 saturated carbocycles. The number of hydrazone groups is 1. The summed E-state index contributed by atoms with van der Waals surface area (Å²) in [6.07, 6.45) is 0. The SMILES string of the molecule is C/C(=N\NC(=O)CSc1nn(C)c(=O)n(C)c1=O)c1cc(Cl)ccc1O. The van der Waals surface area contributed by atoms with E-state index < -0.39 is 17.2 Å². The largest absolute Gasteiger partial charge is 0.507 e. The lowest BCUT2D eigenvalue weighted by Crippen LogP contribution is -2.39. The molecule has 1 amide bonds. The first-order valence-corrected chi connectivity index (χ1v) is 8.66. The number of aryl methyl sites for hydroxylation is 1. The van der Waals surface area contributed by atoms with E-state index in [1.165, 1.54) is 32.3 Å². The van der Waals surface area contributed by atoms with Gasteiger partial charge in [0.1, 0.15) is 5.75 Å². The molecule has 0 saturated heterocycles. The van der Waals surface area contributed by atoms with Crippen LogP contribution < -0.4 is 16.7 Å². The molecule has 1 aromatic carbocycles. The van der Waals surface area contributed by atoms with Gasteiger partial charge in [-0.05, 0) is 25.1 Å². The number of rotatable bonds is 5. The van der Waals surface area contributed by atoms with Gasteiger partial charge in [0.25, 0.3) is 5.56 Å². The lowest BCUT2D eigenvalue weighted by Gasteiger charge is -2.06. The Kier molecular flexibility index (Phi) is 6.22. The average Bonchev–Trinajstić information content (AvgIpc) is 2.61. The van der Waals surface area contributed by atoms with Crippen LogP contribution in [0.1, 0.15) is 12.5 Å². The highest BCUT2D eigenvalue weighted by molar-refractivity contribution is 7.99. The van der Waals surface area contributed by atoms with Gasteiger partial charge in [-0.1, -0.05) is 23.4 Å². The number of benzene rings is 1. The molecule has 9 nitrogen and oxygen atoms in total. The quantitative estimate of drug-likeness (QED) is 0.430. The number of carbonyl (C=O) groups is 1. The Balaban J connectivity index is 2.05. The van der Waals surface area contributed by atoms with E-state index >= 15 is 0 Å². The summed E-state index contributed by atoms with van der Waals surface area (Å²) in [4.78, 5) is 35.4. The maximum absolute atomic E-state index is 11.9. The minimum Gasteiger partial charge on any atom is -0.507 e. The van der Waals surface area contributed by atoms with Crippen molar-refractivity contribution >= 4 is 35.0 Å². The molecule has 26 heavy (non-hydrogen) atoms. The number of thioether (sulfide) groups is 1. The number of nitrogens with zero attached hydrogens (tertiary/aromatic N) is 4. The second kappa shape index (κ2) is 8.19. The first-order valence-electron chi connectivity index (χ1n) is 7.30. The van der Waals surface area contributed by atoms with Crippen LogP contribution in [0.5, 0.6) is 5.75 Å². The van der Waals surface area contributed by atoms with Gasteiger partial charge in [0.15, 0.2) is 5.03 Å².